The molecule has 0 radical (unpaired) electrons. The topological polar surface area (TPSA) is 73.9 Å². The van der Waals surface area contributed by atoms with E-state index in [1.165, 1.54) is 7.11 Å². The Hall–Kier alpha value is -0.810. The first kappa shape index (κ1) is 10.3. The third kappa shape index (κ3) is 2.86. The molecule has 0 aromatic rings. The zero-order valence-corrected chi connectivity index (χ0v) is 7.95. The molecule has 1 aliphatic rings. The smallest absolute Gasteiger partial charge is 0.322 e. The number of esters is 1. The lowest BCUT2D eigenvalue weighted by atomic mass is 10.1. The summed E-state index contributed by atoms with van der Waals surface area (Å²) in [5, 5.41) is 3.93. The predicted molar refractivity (Wildman–Crippen MR) is 47.4 cm³/mol. The maximum absolute atomic E-state index is 10.9. The van der Waals surface area contributed by atoms with Crippen LogP contribution < -0.4 is 5.73 Å². The first-order chi connectivity index (χ1) is 6.13. The molecule has 1 rings (SSSR count). The van der Waals surface area contributed by atoms with Gasteiger partial charge in [-0.3, -0.25) is 4.79 Å². The Bertz CT molecular complexity index is 232. The third-order valence-corrected chi connectivity index (χ3v) is 1.94. The van der Waals surface area contributed by atoms with E-state index in [9.17, 15) is 4.79 Å². The Morgan fingerprint density at radius 1 is 2.00 bits per heavy atom. The highest BCUT2D eigenvalue weighted by Gasteiger charge is 2.25. The molecule has 0 aromatic carbocycles. The molecule has 0 fully saturated rings. The van der Waals surface area contributed by atoms with Crippen molar-refractivity contribution in [3.05, 3.63) is 0 Å². The van der Waals surface area contributed by atoms with Crippen molar-refractivity contribution in [2.75, 3.05) is 7.11 Å². The number of nitrogens with two attached hydrogens (primary N) is 1. The zero-order valence-electron chi connectivity index (χ0n) is 7.20. The van der Waals surface area contributed by atoms with Gasteiger partial charge in [0.1, 0.15) is 17.3 Å². The van der Waals surface area contributed by atoms with Crippen LogP contribution in [0, 0.1) is 0 Å². The van der Waals surface area contributed by atoms with E-state index in [1.807, 2.05) is 0 Å². The number of halogens is 1. The highest BCUT2D eigenvalue weighted by Crippen LogP contribution is 2.17. The molecule has 1 aliphatic heterocycles. The van der Waals surface area contributed by atoms with Crippen molar-refractivity contribution >= 4 is 22.7 Å². The minimum Gasteiger partial charge on any atom is -0.468 e. The summed E-state index contributed by atoms with van der Waals surface area (Å²) < 4.78 is 4.46. The first-order valence-corrected chi connectivity index (χ1v) is 4.23. The summed E-state index contributed by atoms with van der Waals surface area (Å²) in [7, 11) is 1.29. The third-order valence-electron chi connectivity index (χ3n) is 1.72. The molecule has 0 unspecified atom stereocenters. The minimum atomic E-state index is -0.673. The lowest BCUT2D eigenvalue weighted by molar-refractivity contribution is -0.143. The molecule has 2 atom stereocenters. The standard InChI is InChI=1S/C7H11ClN2O3/c1-12-7(11)5(9)2-4-3-6(8)10-13-4/h4-5H,2-3,9H2,1H3/t4-,5+/m0/s1. The molecule has 0 amide bonds. The van der Waals surface area contributed by atoms with Gasteiger partial charge in [0.25, 0.3) is 0 Å². The van der Waals surface area contributed by atoms with Crippen LogP contribution >= 0.6 is 11.6 Å². The molecular formula is C7H11ClN2O3. The largest absolute Gasteiger partial charge is 0.468 e. The number of nitrogens with zero attached hydrogens (tertiary/aromatic N) is 1. The van der Waals surface area contributed by atoms with E-state index < -0.39 is 12.0 Å². The van der Waals surface area contributed by atoms with Gasteiger partial charge in [-0.25, -0.2) is 0 Å². The van der Waals surface area contributed by atoms with Crippen LogP contribution in [0.1, 0.15) is 12.8 Å². The fraction of sp³-hybridized carbons (Fsp3) is 0.714. The Labute approximate surface area is 80.8 Å². The number of ether oxygens (including phenoxy) is 1. The molecule has 5 nitrogen and oxygen atoms in total. The lowest BCUT2D eigenvalue weighted by Crippen LogP contribution is -2.35. The van der Waals surface area contributed by atoms with Gasteiger partial charge in [0.15, 0.2) is 0 Å². The molecule has 0 saturated carbocycles. The van der Waals surface area contributed by atoms with E-state index in [0.29, 0.717) is 18.0 Å². The Balaban J connectivity index is 2.30. The molecule has 0 aliphatic carbocycles. The molecule has 1 heterocycles. The summed E-state index contributed by atoms with van der Waals surface area (Å²) >= 11 is 5.57. The van der Waals surface area contributed by atoms with E-state index in [-0.39, 0.29) is 6.10 Å². The molecule has 13 heavy (non-hydrogen) atoms. The zero-order chi connectivity index (χ0) is 9.84. The number of hydrogen-bond donors (Lipinski definition) is 1. The molecule has 6 heteroatoms. The highest BCUT2D eigenvalue weighted by atomic mass is 35.5. The lowest BCUT2D eigenvalue weighted by Gasteiger charge is -2.12. The van der Waals surface area contributed by atoms with Crippen LogP contribution in [0.15, 0.2) is 5.16 Å². The second-order valence-corrected chi connectivity index (χ2v) is 3.20. The van der Waals surface area contributed by atoms with Crippen molar-refractivity contribution in [1.82, 2.24) is 0 Å². The molecule has 2 N–H and O–H groups in total. The summed E-state index contributed by atoms with van der Waals surface area (Å²) in [5.41, 5.74) is 5.50. The predicted octanol–water partition coefficient (Wildman–Crippen LogP) is 0.218. The van der Waals surface area contributed by atoms with Gasteiger partial charge in [-0.15, -0.1) is 0 Å². The van der Waals surface area contributed by atoms with Crippen molar-refractivity contribution in [1.29, 1.82) is 0 Å². The highest BCUT2D eigenvalue weighted by molar-refractivity contribution is 6.65. The van der Waals surface area contributed by atoms with E-state index in [0.717, 1.165) is 0 Å². The normalized spacial score (nSPS) is 23.3. The average molecular weight is 207 g/mol. The summed E-state index contributed by atoms with van der Waals surface area (Å²) in [6.07, 6.45) is 0.667. The second-order valence-electron chi connectivity index (χ2n) is 2.76. The van der Waals surface area contributed by atoms with Crippen LogP contribution in [0.25, 0.3) is 0 Å². The Morgan fingerprint density at radius 2 is 2.69 bits per heavy atom. The fourth-order valence-electron chi connectivity index (χ4n) is 1.05. The van der Waals surface area contributed by atoms with Crippen molar-refractivity contribution in [3.63, 3.8) is 0 Å². The maximum Gasteiger partial charge on any atom is 0.322 e. The van der Waals surface area contributed by atoms with Crippen LogP contribution in [0.3, 0.4) is 0 Å². The Morgan fingerprint density at radius 3 is 3.15 bits per heavy atom. The van der Waals surface area contributed by atoms with Gasteiger partial charge in [0.05, 0.1) is 7.11 Å². The van der Waals surface area contributed by atoms with Crippen LogP contribution in [0.2, 0.25) is 0 Å². The van der Waals surface area contributed by atoms with Crippen molar-refractivity contribution in [2.45, 2.75) is 25.0 Å². The first-order valence-electron chi connectivity index (χ1n) is 3.85. The number of methoxy groups -OCH3 is 1. The van der Waals surface area contributed by atoms with Crippen LogP contribution in [-0.4, -0.2) is 30.4 Å². The van der Waals surface area contributed by atoms with E-state index in [1.54, 1.807) is 0 Å². The van der Waals surface area contributed by atoms with Gasteiger partial charge in [-0.05, 0) is 0 Å². The van der Waals surface area contributed by atoms with E-state index in [2.05, 4.69) is 9.89 Å². The van der Waals surface area contributed by atoms with Gasteiger partial charge in [0.2, 0.25) is 0 Å². The molecule has 0 aromatic heterocycles. The monoisotopic (exact) mass is 206 g/mol. The van der Waals surface area contributed by atoms with Crippen molar-refractivity contribution in [3.8, 4) is 0 Å². The van der Waals surface area contributed by atoms with Gasteiger partial charge in [-0.1, -0.05) is 16.8 Å². The fourth-order valence-corrected chi connectivity index (χ4v) is 1.26. The quantitative estimate of drug-likeness (QED) is 0.671. The number of carbonyl (C=O) groups is 1. The van der Waals surface area contributed by atoms with Crippen LogP contribution in [0.4, 0.5) is 0 Å². The minimum absolute atomic E-state index is 0.207. The molecule has 0 spiro atoms. The van der Waals surface area contributed by atoms with Crippen LogP contribution in [0.5, 0.6) is 0 Å². The molecular weight excluding hydrogens is 196 g/mol. The number of carbonyl (C=O) groups excluding carboxylic acids is 1. The maximum atomic E-state index is 10.9. The van der Waals surface area contributed by atoms with Gasteiger partial charge < -0.3 is 15.3 Å². The number of oxime groups is 1. The summed E-state index contributed by atoms with van der Waals surface area (Å²) in [5.74, 6) is -0.452. The average Bonchev–Trinajstić information content (AvgIpc) is 2.49. The molecule has 0 bridgehead atoms. The van der Waals surface area contributed by atoms with Crippen LogP contribution in [-0.2, 0) is 14.4 Å². The summed E-state index contributed by atoms with van der Waals surface area (Å²) in [6.45, 7) is 0. The van der Waals surface area contributed by atoms with E-state index in [4.69, 9.17) is 22.2 Å². The van der Waals surface area contributed by atoms with E-state index >= 15 is 0 Å². The SMILES string of the molecule is COC(=O)[C@H](N)C[C@H]1CC(Cl)=NO1. The van der Waals surface area contributed by atoms with Gasteiger partial charge in [-0.2, -0.15) is 0 Å². The van der Waals surface area contributed by atoms with Crippen molar-refractivity contribution in [2.24, 2.45) is 10.9 Å². The summed E-state index contributed by atoms with van der Waals surface area (Å²) in [6, 6.07) is -0.673. The van der Waals surface area contributed by atoms with Gasteiger partial charge >= 0.3 is 5.97 Å². The van der Waals surface area contributed by atoms with Crippen molar-refractivity contribution < 1.29 is 14.4 Å². The van der Waals surface area contributed by atoms with Gasteiger partial charge in [0, 0.05) is 12.8 Å². The molecule has 74 valence electrons. The second kappa shape index (κ2) is 4.43. The number of hydrogen-bond acceptors (Lipinski definition) is 5. The Kier molecular flexibility index (Phi) is 3.50. The molecule has 0 saturated heterocycles. The number of rotatable bonds is 3. The summed E-state index contributed by atoms with van der Waals surface area (Å²) in [4.78, 5) is 15.8.